The number of hydrogen-bond donors (Lipinski definition) is 1. The molecule has 0 radical (unpaired) electrons. The smallest absolute Gasteiger partial charge is 0.422 e. The van der Waals surface area contributed by atoms with E-state index in [1.165, 1.54) is 6.08 Å². The van der Waals surface area contributed by atoms with E-state index < -0.39 is 12.8 Å². The van der Waals surface area contributed by atoms with Crippen molar-refractivity contribution in [3.05, 3.63) is 54.8 Å². The average molecular weight is 701 g/mol. The van der Waals surface area contributed by atoms with Crippen molar-refractivity contribution in [2.45, 2.75) is 38.8 Å². The number of nitrogens with one attached hydrogen (secondary N) is 1. The lowest BCUT2D eigenvalue weighted by atomic mass is 9.72. The van der Waals surface area contributed by atoms with Gasteiger partial charge in [0.1, 0.15) is 11.3 Å². The van der Waals surface area contributed by atoms with Gasteiger partial charge in [0.2, 0.25) is 11.9 Å². The third-order valence-electron chi connectivity index (χ3n) is 11.7. The minimum Gasteiger partial charge on any atom is -0.481 e. The van der Waals surface area contributed by atoms with Crippen LogP contribution >= 0.6 is 0 Å². The maximum absolute atomic E-state index is 14.0. The summed E-state index contributed by atoms with van der Waals surface area (Å²) in [5.74, 6) is 1.19. The molecular weight excluding hydrogens is 657 g/mol. The highest BCUT2D eigenvalue weighted by Gasteiger charge is 2.48. The van der Waals surface area contributed by atoms with Crippen LogP contribution in [0.2, 0.25) is 0 Å². The second-order valence-corrected chi connectivity index (χ2v) is 15.2. The summed E-state index contributed by atoms with van der Waals surface area (Å²) < 4.78 is 47.8. The molecule has 0 bridgehead atoms. The van der Waals surface area contributed by atoms with Crippen LogP contribution in [0.5, 0.6) is 5.75 Å². The quantitative estimate of drug-likeness (QED) is 0.228. The summed E-state index contributed by atoms with van der Waals surface area (Å²) in [5, 5.41) is 8.62. The van der Waals surface area contributed by atoms with E-state index in [1.54, 1.807) is 12.3 Å². The molecule has 0 aliphatic carbocycles. The number of nitrogens with zero attached hydrogens (tertiary/aromatic N) is 7. The predicted octanol–water partition coefficient (Wildman–Crippen LogP) is 6.21. The van der Waals surface area contributed by atoms with Gasteiger partial charge >= 0.3 is 6.18 Å². The standard InChI is InChI=1S/C38H43F3N8O2/c1-5-25-17-26-32(33(51-23-38(39,40)41)31(25)30-24(3)7-8-28-27(30)18-42-45-28)43-35(49-21-36(22-49)9-13-46(4)14-10-36)44-34(26)47-15-11-37(12-16-47)19-48(20-37)29(50)6-2/h5-8,17-18H,1-2,9-16,19-23H2,3-4H3,(H,42,45). The zero-order valence-corrected chi connectivity index (χ0v) is 29.2. The first-order valence-corrected chi connectivity index (χ1v) is 17.6. The number of aromatic nitrogens is 4. The molecule has 51 heavy (non-hydrogen) atoms. The second kappa shape index (κ2) is 12.2. The Labute approximate surface area is 294 Å². The Bertz CT molecular complexity index is 2030. The van der Waals surface area contributed by atoms with Crippen LogP contribution in [0.25, 0.3) is 39.0 Å². The fraction of sp³-hybridized carbons (Fsp3) is 0.474. The van der Waals surface area contributed by atoms with Crippen molar-refractivity contribution in [2.24, 2.45) is 10.8 Å². The number of hydrogen-bond acceptors (Lipinski definition) is 8. The molecule has 4 fully saturated rings. The van der Waals surface area contributed by atoms with Crippen LogP contribution in [0.1, 0.15) is 36.8 Å². The lowest BCUT2D eigenvalue weighted by molar-refractivity contribution is -0.153. The maximum Gasteiger partial charge on any atom is 0.422 e. The minimum absolute atomic E-state index is 0.0417. The summed E-state index contributed by atoms with van der Waals surface area (Å²) >= 11 is 0. The number of fused-ring (bicyclic) bond motifs is 2. The maximum atomic E-state index is 14.0. The summed E-state index contributed by atoms with van der Waals surface area (Å²) in [6.07, 6.45) is 4.03. The van der Waals surface area contributed by atoms with Crippen molar-refractivity contribution >= 4 is 45.6 Å². The number of likely N-dealkylation sites (tertiary alicyclic amines) is 2. The number of carbonyl (C=O) groups excluding carboxylic acids is 1. The van der Waals surface area contributed by atoms with Crippen LogP contribution < -0.4 is 14.5 Å². The molecule has 4 aliphatic heterocycles. The number of alkyl halides is 3. The summed E-state index contributed by atoms with van der Waals surface area (Å²) in [7, 11) is 2.15. The van der Waals surface area contributed by atoms with E-state index in [0.29, 0.717) is 60.0 Å². The molecule has 4 aromatic rings. The number of H-pyrrole nitrogens is 1. The minimum atomic E-state index is -4.58. The first kappa shape index (κ1) is 33.5. The normalized spacial score (nSPS) is 20.1. The van der Waals surface area contributed by atoms with Crippen molar-refractivity contribution in [3.8, 4) is 16.9 Å². The molecule has 6 heterocycles. The van der Waals surface area contributed by atoms with Crippen LogP contribution in [0, 0.1) is 17.8 Å². The number of piperidine rings is 2. The fourth-order valence-electron chi connectivity index (χ4n) is 8.65. The molecule has 1 amide bonds. The van der Waals surface area contributed by atoms with E-state index in [9.17, 15) is 18.0 Å². The van der Waals surface area contributed by atoms with Gasteiger partial charge in [-0.2, -0.15) is 23.3 Å². The van der Waals surface area contributed by atoms with Gasteiger partial charge in [-0.1, -0.05) is 25.3 Å². The summed E-state index contributed by atoms with van der Waals surface area (Å²) in [5.41, 5.74) is 4.02. The molecule has 268 valence electrons. The lowest BCUT2D eigenvalue weighted by Gasteiger charge is -2.54. The molecular formula is C38H43F3N8O2. The van der Waals surface area contributed by atoms with Crippen LogP contribution in [-0.4, -0.2) is 108 Å². The Morgan fingerprint density at radius 1 is 0.961 bits per heavy atom. The second-order valence-electron chi connectivity index (χ2n) is 15.2. The van der Waals surface area contributed by atoms with E-state index in [1.807, 2.05) is 30.0 Å². The molecule has 2 spiro atoms. The van der Waals surface area contributed by atoms with Gasteiger partial charge in [0.25, 0.3) is 0 Å². The number of aromatic amines is 1. The zero-order valence-electron chi connectivity index (χ0n) is 29.2. The largest absolute Gasteiger partial charge is 0.481 e. The van der Waals surface area contributed by atoms with Crippen LogP contribution in [0.3, 0.4) is 0 Å². The Kier molecular flexibility index (Phi) is 8.04. The van der Waals surface area contributed by atoms with E-state index >= 15 is 0 Å². The lowest BCUT2D eigenvalue weighted by Crippen LogP contribution is -2.61. The van der Waals surface area contributed by atoms with Gasteiger partial charge in [0.05, 0.1) is 11.7 Å². The van der Waals surface area contributed by atoms with Gasteiger partial charge in [-0.15, -0.1) is 0 Å². The van der Waals surface area contributed by atoms with Crippen molar-refractivity contribution in [1.82, 2.24) is 30.0 Å². The highest BCUT2D eigenvalue weighted by Crippen LogP contribution is 2.49. The van der Waals surface area contributed by atoms with Gasteiger partial charge in [0.15, 0.2) is 12.4 Å². The number of aryl methyl sites for hydroxylation is 1. The zero-order chi connectivity index (χ0) is 35.7. The summed E-state index contributed by atoms with van der Waals surface area (Å²) in [6.45, 7) is 14.6. The van der Waals surface area contributed by atoms with Gasteiger partial charge in [-0.25, -0.2) is 4.98 Å². The average Bonchev–Trinajstić information content (AvgIpc) is 3.57. The third kappa shape index (κ3) is 5.88. The van der Waals surface area contributed by atoms with E-state index in [0.717, 1.165) is 73.9 Å². The highest BCUT2D eigenvalue weighted by atomic mass is 19.4. The van der Waals surface area contributed by atoms with Crippen molar-refractivity contribution < 1.29 is 22.7 Å². The predicted molar refractivity (Wildman–Crippen MR) is 193 cm³/mol. The van der Waals surface area contributed by atoms with Gasteiger partial charge in [-0.3, -0.25) is 9.89 Å². The molecule has 2 aromatic carbocycles. The van der Waals surface area contributed by atoms with Crippen LogP contribution in [0.15, 0.2) is 43.6 Å². The highest BCUT2D eigenvalue weighted by molar-refractivity contribution is 6.07. The molecule has 0 unspecified atom stereocenters. The fourth-order valence-corrected chi connectivity index (χ4v) is 8.65. The Morgan fingerprint density at radius 3 is 2.31 bits per heavy atom. The number of rotatable bonds is 7. The van der Waals surface area contributed by atoms with Crippen LogP contribution in [0.4, 0.5) is 24.9 Å². The molecule has 0 atom stereocenters. The van der Waals surface area contributed by atoms with Crippen molar-refractivity contribution in [3.63, 3.8) is 0 Å². The Morgan fingerprint density at radius 2 is 1.65 bits per heavy atom. The molecule has 13 heteroatoms. The van der Waals surface area contributed by atoms with Gasteiger partial charge in [-0.05, 0) is 87.6 Å². The summed E-state index contributed by atoms with van der Waals surface area (Å²) in [4.78, 5) is 31.1. The first-order valence-electron chi connectivity index (χ1n) is 17.6. The molecule has 0 saturated carbocycles. The topological polar surface area (TPSA) is 93.7 Å². The number of anilines is 2. The number of amides is 1. The van der Waals surface area contributed by atoms with E-state index in [-0.39, 0.29) is 22.5 Å². The molecule has 1 N–H and O–H groups in total. The number of halogens is 3. The van der Waals surface area contributed by atoms with Crippen LogP contribution in [-0.2, 0) is 4.79 Å². The first-order chi connectivity index (χ1) is 24.4. The molecule has 4 aliphatic rings. The van der Waals surface area contributed by atoms with Crippen molar-refractivity contribution in [1.29, 1.82) is 0 Å². The van der Waals surface area contributed by atoms with E-state index in [4.69, 9.17) is 14.7 Å². The Hall–Kier alpha value is -4.65. The van der Waals surface area contributed by atoms with Crippen molar-refractivity contribution in [2.75, 3.05) is 75.8 Å². The molecule has 10 nitrogen and oxygen atoms in total. The monoisotopic (exact) mass is 700 g/mol. The Balaban J connectivity index is 1.27. The number of ether oxygens (including phenoxy) is 1. The van der Waals surface area contributed by atoms with Gasteiger partial charge in [0, 0.05) is 66.4 Å². The van der Waals surface area contributed by atoms with E-state index in [2.05, 4.69) is 45.1 Å². The third-order valence-corrected chi connectivity index (χ3v) is 11.7. The van der Waals surface area contributed by atoms with Gasteiger partial charge < -0.3 is 24.3 Å². The SMILES string of the molecule is C=CC(=O)N1CC2(CCN(c3nc(N4CC5(CCN(C)CC5)C4)nc4c(OCC(F)(F)F)c(-c5c(C)ccc6[nH]ncc56)c(C=C)cc34)CC2)C1. The molecule has 2 aromatic heterocycles. The summed E-state index contributed by atoms with van der Waals surface area (Å²) in [6, 6.07) is 5.78. The number of benzene rings is 2. The number of carbonyl (C=O) groups is 1. The molecule has 8 rings (SSSR count). The molecule has 4 saturated heterocycles.